The number of carbonyl (C=O) groups is 1. The lowest BCUT2D eigenvalue weighted by atomic mass is 9.88. The number of aliphatic carboxylic acids is 1. The van der Waals surface area contributed by atoms with Gasteiger partial charge in [-0.2, -0.15) is 11.8 Å². The molecule has 11 nitrogen and oxygen atoms in total. The van der Waals surface area contributed by atoms with Gasteiger partial charge < -0.3 is 31.5 Å². The number of nitrogens with two attached hydrogens (primary N) is 2. The average molecular weight is 398 g/mol. The molecule has 1 fully saturated rings. The fraction of sp³-hybridized carbons (Fsp3) is 0.600. The number of carboxylic acids is 1. The predicted molar refractivity (Wildman–Crippen MR) is 97.8 cm³/mol. The zero-order valence-corrected chi connectivity index (χ0v) is 15.4. The molecule has 0 bridgehead atoms. The number of nitrogen functional groups attached to an aromatic ring is 1. The fourth-order valence-electron chi connectivity index (χ4n) is 3.12. The maximum Gasteiger partial charge on any atom is 0.323 e. The number of rotatable bonds is 7. The van der Waals surface area contributed by atoms with Crippen molar-refractivity contribution in [2.24, 2.45) is 5.73 Å². The Morgan fingerprint density at radius 3 is 2.78 bits per heavy atom. The van der Waals surface area contributed by atoms with Gasteiger partial charge in [0.15, 0.2) is 17.7 Å². The monoisotopic (exact) mass is 398 g/mol. The van der Waals surface area contributed by atoms with Gasteiger partial charge in [-0.3, -0.25) is 9.36 Å². The number of aromatic nitrogens is 4. The molecular formula is C15H22N6O5S. The van der Waals surface area contributed by atoms with Crippen LogP contribution in [0.1, 0.15) is 19.1 Å². The van der Waals surface area contributed by atoms with E-state index < -0.39 is 36.0 Å². The van der Waals surface area contributed by atoms with E-state index in [1.807, 2.05) is 6.26 Å². The summed E-state index contributed by atoms with van der Waals surface area (Å²) in [5.41, 5.74) is 10.9. The summed E-state index contributed by atoms with van der Waals surface area (Å²) in [5, 5.41) is 30.4. The van der Waals surface area contributed by atoms with E-state index in [1.54, 1.807) is 0 Å². The number of hydrogen-bond acceptors (Lipinski definition) is 10. The lowest BCUT2D eigenvalue weighted by molar-refractivity contribution is -0.146. The molecule has 12 heteroatoms. The molecule has 1 aliphatic rings. The topological polar surface area (TPSA) is 183 Å². The van der Waals surface area contributed by atoms with E-state index in [4.69, 9.17) is 16.2 Å². The summed E-state index contributed by atoms with van der Waals surface area (Å²) in [6.45, 7) is 0. The Labute approximate surface area is 158 Å². The van der Waals surface area contributed by atoms with Crippen molar-refractivity contribution in [3.05, 3.63) is 12.7 Å². The Morgan fingerprint density at radius 1 is 1.37 bits per heavy atom. The third-order valence-electron chi connectivity index (χ3n) is 4.74. The number of nitrogens with zero attached hydrogens (tertiary/aromatic N) is 4. The molecule has 1 saturated heterocycles. The summed E-state index contributed by atoms with van der Waals surface area (Å²) >= 11 is 1.47. The van der Waals surface area contributed by atoms with Crippen LogP contribution in [0.5, 0.6) is 0 Å². The molecule has 148 valence electrons. The van der Waals surface area contributed by atoms with Gasteiger partial charge in [0, 0.05) is 6.42 Å². The molecule has 5 atom stereocenters. The Bertz CT molecular complexity index is 834. The minimum absolute atomic E-state index is 0.151. The van der Waals surface area contributed by atoms with Crippen molar-refractivity contribution in [3.63, 3.8) is 0 Å². The number of hydrogen-bond donors (Lipinski definition) is 5. The molecule has 0 aliphatic carbocycles. The smallest absolute Gasteiger partial charge is 0.323 e. The first kappa shape index (κ1) is 19.8. The summed E-state index contributed by atoms with van der Waals surface area (Å²) in [6.07, 6.45) is -0.0865. The summed E-state index contributed by atoms with van der Waals surface area (Å²) in [6, 6.07) is 0. The maximum absolute atomic E-state index is 11.6. The molecule has 0 spiro atoms. The van der Waals surface area contributed by atoms with Crippen LogP contribution in [0.4, 0.5) is 5.82 Å². The summed E-state index contributed by atoms with van der Waals surface area (Å²) in [5.74, 6) is -0.467. The van der Waals surface area contributed by atoms with Gasteiger partial charge in [0.2, 0.25) is 0 Å². The highest BCUT2D eigenvalue weighted by Gasteiger charge is 2.48. The quantitative estimate of drug-likeness (QED) is 0.383. The molecule has 2 aromatic rings. The van der Waals surface area contributed by atoms with Crippen LogP contribution < -0.4 is 11.5 Å². The van der Waals surface area contributed by atoms with E-state index in [0.29, 0.717) is 16.9 Å². The first-order chi connectivity index (χ1) is 12.8. The van der Waals surface area contributed by atoms with Crippen LogP contribution in [-0.2, 0) is 9.53 Å². The first-order valence-electron chi connectivity index (χ1n) is 8.24. The molecule has 7 N–H and O–H groups in total. The number of aliphatic hydroxyl groups is 2. The fourth-order valence-corrected chi connectivity index (χ4v) is 3.69. The third-order valence-corrected chi connectivity index (χ3v) is 5.35. The summed E-state index contributed by atoms with van der Waals surface area (Å²) < 4.78 is 7.21. The van der Waals surface area contributed by atoms with Gasteiger partial charge in [-0.15, -0.1) is 0 Å². The van der Waals surface area contributed by atoms with Gasteiger partial charge in [-0.05, 0) is 18.4 Å². The maximum atomic E-state index is 11.6. The van der Waals surface area contributed by atoms with Gasteiger partial charge in [-0.25, -0.2) is 15.0 Å². The van der Waals surface area contributed by atoms with E-state index in [2.05, 4.69) is 15.0 Å². The molecular weight excluding hydrogens is 376 g/mol. The Balaban J connectivity index is 1.85. The highest BCUT2D eigenvalue weighted by atomic mass is 32.2. The molecule has 0 radical (unpaired) electrons. The molecule has 2 aromatic heterocycles. The van der Waals surface area contributed by atoms with Crippen molar-refractivity contribution < 1.29 is 24.9 Å². The zero-order chi connectivity index (χ0) is 19.8. The van der Waals surface area contributed by atoms with E-state index in [0.717, 1.165) is 0 Å². The van der Waals surface area contributed by atoms with Crippen molar-refractivity contribution >= 4 is 34.7 Å². The van der Waals surface area contributed by atoms with Crippen LogP contribution in [0.15, 0.2) is 12.7 Å². The molecule has 1 aliphatic heterocycles. The number of imidazole rings is 1. The van der Waals surface area contributed by atoms with Crippen molar-refractivity contribution in [1.29, 1.82) is 0 Å². The minimum Gasteiger partial charge on any atom is -0.480 e. The molecule has 0 aromatic carbocycles. The van der Waals surface area contributed by atoms with E-state index in [9.17, 15) is 20.1 Å². The SMILES string of the molecule is CSCC[C@@](N)(C[C@H]1O[C@@H](n2cnc3c(N)ncnc32)[C@@H](O)[C@@H]1O)C(=O)O. The van der Waals surface area contributed by atoms with Crippen molar-refractivity contribution in [1.82, 2.24) is 19.5 Å². The Hall–Kier alpha value is -1.99. The van der Waals surface area contributed by atoms with Crippen LogP contribution in [0.2, 0.25) is 0 Å². The van der Waals surface area contributed by atoms with E-state index in [-0.39, 0.29) is 18.7 Å². The highest BCUT2D eigenvalue weighted by Crippen LogP contribution is 2.35. The molecule has 0 unspecified atom stereocenters. The number of thioether (sulfide) groups is 1. The van der Waals surface area contributed by atoms with Crippen molar-refractivity contribution in [2.45, 2.75) is 42.9 Å². The standard InChI is InChI=1S/C15H22N6O5S/c1-27-3-2-15(17,14(24)25)4-7-9(22)10(23)13(26-7)21-6-20-8-11(16)18-5-19-12(8)21/h5-7,9-10,13,22-23H,2-4,17H2,1H3,(H,24,25)(H2,16,18,19)/t7-,9-,10+,13-,15-/m1/s1. The summed E-state index contributed by atoms with van der Waals surface area (Å²) in [4.78, 5) is 23.7. The largest absolute Gasteiger partial charge is 0.480 e. The Kier molecular flexibility index (Phi) is 5.53. The van der Waals surface area contributed by atoms with Crippen molar-refractivity contribution in [3.8, 4) is 0 Å². The number of aliphatic hydroxyl groups excluding tert-OH is 2. The minimum atomic E-state index is -1.58. The van der Waals surface area contributed by atoms with Crippen LogP contribution >= 0.6 is 11.8 Å². The molecule has 0 amide bonds. The number of anilines is 1. The first-order valence-corrected chi connectivity index (χ1v) is 9.63. The van der Waals surface area contributed by atoms with Crippen LogP contribution in [0.25, 0.3) is 11.2 Å². The number of fused-ring (bicyclic) bond motifs is 1. The second-order valence-corrected chi connectivity index (χ2v) is 7.52. The van der Waals surface area contributed by atoms with Gasteiger partial charge in [0.1, 0.15) is 29.6 Å². The molecule has 3 heterocycles. The molecule has 27 heavy (non-hydrogen) atoms. The normalized spacial score (nSPS) is 27.7. The molecule has 3 rings (SSSR count). The third kappa shape index (κ3) is 3.58. The van der Waals surface area contributed by atoms with Gasteiger partial charge in [-0.1, -0.05) is 0 Å². The second kappa shape index (κ2) is 7.56. The van der Waals surface area contributed by atoms with E-state index >= 15 is 0 Å². The predicted octanol–water partition coefficient (Wildman–Crippen LogP) is -1.05. The lowest BCUT2D eigenvalue weighted by Crippen LogP contribution is -2.52. The van der Waals surface area contributed by atoms with Crippen LogP contribution in [0, 0.1) is 0 Å². The van der Waals surface area contributed by atoms with E-state index in [1.165, 1.54) is 29.0 Å². The van der Waals surface area contributed by atoms with Gasteiger partial charge >= 0.3 is 5.97 Å². The number of carboxylic acid groups (broad SMARTS) is 1. The zero-order valence-electron chi connectivity index (χ0n) is 14.6. The van der Waals surface area contributed by atoms with Gasteiger partial charge in [0.05, 0.1) is 12.4 Å². The highest BCUT2D eigenvalue weighted by molar-refractivity contribution is 7.98. The van der Waals surface area contributed by atoms with Crippen molar-refractivity contribution in [2.75, 3.05) is 17.7 Å². The van der Waals surface area contributed by atoms with Gasteiger partial charge in [0.25, 0.3) is 0 Å². The average Bonchev–Trinajstić information content (AvgIpc) is 3.17. The Morgan fingerprint density at radius 2 is 2.11 bits per heavy atom. The lowest BCUT2D eigenvalue weighted by Gasteiger charge is -2.28. The molecule has 0 saturated carbocycles. The number of ether oxygens (including phenoxy) is 1. The van der Waals surface area contributed by atoms with Crippen LogP contribution in [-0.4, -0.2) is 76.7 Å². The van der Waals surface area contributed by atoms with Crippen LogP contribution in [0.3, 0.4) is 0 Å². The summed E-state index contributed by atoms with van der Waals surface area (Å²) in [7, 11) is 0. The second-order valence-electron chi connectivity index (χ2n) is 6.54.